The van der Waals surface area contributed by atoms with Crippen molar-refractivity contribution in [3.8, 4) is 16.8 Å². The minimum absolute atomic E-state index is 0.401. The van der Waals surface area contributed by atoms with Gasteiger partial charge in [0.15, 0.2) is 5.84 Å². The standard InChI is InChI=1S/C46H34N4O/c1-47-45(34-25-23-33(24-26-34)32-15-6-3-7-16-32)49-46(48-30-31-13-4-2-5-14-31)35-17-12-18-36(29-35)50-40-21-10-8-19-37(40)38-27-28-42-43(44(38)50)39-20-9-11-22-41(39)51-42/h2-29,46,48H,1,30H2. The lowest BCUT2D eigenvalue weighted by atomic mass is 10.0. The third-order valence-corrected chi connectivity index (χ3v) is 9.61. The molecule has 0 aliphatic carbocycles. The van der Waals surface area contributed by atoms with Crippen LogP contribution in [-0.4, -0.2) is 17.1 Å². The van der Waals surface area contributed by atoms with Crippen LogP contribution in [0.4, 0.5) is 0 Å². The highest BCUT2D eigenvalue weighted by Crippen LogP contribution is 2.41. The first-order valence-electron chi connectivity index (χ1n) is 17.2. The first kappa shape index (κ1) is 30.5. The molecule has 0 amide bonds. The molecule has 0 saturated carbocycles. The Balaban J connectivity index is 1.19. The van der Waals surface area contributed by atoms with Crippen LogP contribution in [0.15, 0.2) is 184 Å². The Bertz CT molecular complexity index is 2710. The number of para-hydroxylation sites is 2. The van der Waals surface area contributed by atoms with E-state index in [9.17, 15) is 0 Å². The minimum Gasteiger partial charge on any atom is -0.456 e. The predicted molar refractivity (Wildman–Crippen MR) is 212 cm³/mol. The highest BCUT2D eigenvalue weighted by molar-refractivity contribution is 6.24. The monoisotopic (exact) mass is 658 g/mol. The van der Waals surface area contributed by atoms with Gasteiger partial charge in [-0.3, -0.25) is 5.32 Å². The van der Waals surface area contributed by atoms with E-state index in [-0.39, 0.29) is 0 Å². The first-order chi connectivity index (χ1) is 25.2. The highest BCUT2D eigenvalue weighted by atomic mass is 16.3. The normalized spacial score (nSPS) is 12.6. The van der Waals surface area contributed by atoms with Gasteiger partial charge in [-0.2, -0.15) is 0 Å². The molecular formula is C46H34N4O. The first-order valence-corrected chi connectivity index (χ1v) is 17.2. The van der Waals surface area contributed by atoms with Crippen LogP contribution in [-0.2, 0) is 6.54 Å². The molecule has 2 heterocycles. The lowest BCUT2D eigenvalue weighted by Gasteiger charge is -2.18. The van der Waals surface area contributed by atoms with Crippen molar-refractivity contribution in [3.63, 3.8) is 0 Å². The lowest BCUT2D eigenvalue weighted by Crippen LogP contribution is -2.21. The molecule has 9 rings (SSSR count). The number of benzene rings is 7. The Labute approximate surface area is 295 Å². The van der Waals surface area contributed by atoms with Gasteiger partial charge < -0.3 is 8.98 Å². The van der Waals surface area contributed by atoms with E-state index >= 15 is 0 Å². The molecule has 0 spiro atoms. The average Bonchev–Trinajstić information content (AvgIpc) is 3.75. The molecule has 1 atom stereocenters. The molecule has 244 valence electrons. The smallest absolute Gasteiger partial charge is 0.155 e. The molecule has 7 aromatic carbocycles. The summed E-state index contributed by atoms with van der Waals surface area (Å²) in [5.41, 5.74) is 10.4. The molecular weight excluding hydrogens is 625 g/mol. The van der Waals surface area contributed by atoms with E-state index in [1.807, 2.05) is 24.3 Å². The molecule has 5 heteroatoms. The number of furan rings is 1. The highest BCUT2D eigenvalue weighted by Gasteiger charge is 2.20. The van der Waals surface area contributed by atoms with Crippen LogP contribution in [0.5, 0.6) is 0 Å². The number of aliphatic imine (C=N–C) groups is 2. The van der Waals surface area contributed by atoms with E-state index in [2.05, 4.69) is 167 Å². The number of hydrogen-bond donors (Lipinski definition) is 1. The van der Waals surface area contributed by atoms with Crippen LogP contribution in [0.3, 0.4) is 0 Å². The van der Waals surface area contributed by atoms with Crippen molar-refractivity contribution in [2.45, 2.75) is 12.7 Å². The zero-order chi connectivity index (χ0) is 34.1. The third kappa shape index (κ3) is 5.60. The van der Waals surface area contributed by atoms with Crippen LogP contribution in [0.25, 0.3) is 60.6 Å². The van der Waals surface area contributed by atoms with Crippen molar-refractivity contribution in [2.24, 2.45) is 9.98 Å². The Kier molecular flexibility index (Phi) is 7.80. The second kappa shape index (κ2) is 13.0. The summed E-state index contributed by atoms with van der Waals surface area (Å²) in [5, 5.41) is 8.31. The van der Waals surface area contributed by atoms with Gasteiger partial charge in [-0.25, -0.2) is 9.98 Å². The second-order valence-electron chi connectivity index (χ2n) is 12.7. The summed E-state index contributed by atoms with van der Waals surface area (Å²) in [5.74, 6) is 0.578. The molecule has 9 aromatic rings. The van der Waals surface area contributed by atoms with Gasteiger partial charge in [0.1, 0.15) is 17.3 Å². The maximum Gasteiger partial charge on any atom is 0.155 e. The molecule has 0 bridgehead atoms. The summed E-state index contributed by atoms with van der Waals surface area (Å²) in [6, 6.07) is 58.9. The Morgan fingerprint density at radius 2 is 1.33 bits per heavy atom. The Morgan fingerprint density at radius 3 is 2.14 bits per heavy atom. The molecule has 0 fully saturated rings. The lowest BCUT2D eigenvalue weighted by molar-refractivity contribution is 0.554. The quantitative estimate of drug-likeness (QED) is 0.130. The van der Waals surface area contributed by atoms with Gasteiger partial charge in [-0.1, -0.05) is 133 Å². The summed E-state index contributed by atoms with van der Waals surface area (Å²) in [6.45, 7) is 4.57. The van der Waals surface area contributed by atoms with E-state index in [1.165, 1.54) is 21.9 Å². The third-order valence-electron chi connectivity index (χ3n) is 9.61. The average molecular weight is 659 g/mol. The van der Waals surface area contributed by atoms with Gasteiger partial charge in [0.25, 0.3) is 0 Å². The number of rotatable bonds is 8. The number of amidine groups is 1. The van der Waals surface area contributed by atoms with Crippen LogP contribution >= 0.6 is 0 Å². The van der Waals surface area contributed by atoms with E-state index in [0.717, 1.165) is 55.3 Å². The van der Waals surface area contributed by atoms with Crippen LogP contribution in [0, 0.1) is 0 Å². The molecule has 0 aliphatic heterocycles. The molecule has 0 radical (unpaired) electrons. The molecule has 0 saturated heterocycles. The summed E-state index contributed by atoms with van der Waals surface area (Å²) in [6.07, 6.45) is -0.401. The molecule has 5 nitrogen and oxygen atoms in total. The van der Waals surface area contributed by atoms with Crippen molar-refractivity contribution in [1.29, 1.82) is 0 Å². The summed E-state index contributed by atoms with van der Waals surface area (Å²) in [7, 11) is 0. The van der Waals surface area contributed by atoms with Gasteiger partial charge in [-0.05, 0) is 65.4 Å². The molecule has 2 aromatic heterocycles. The number of nitrogens with one attached hydrogen (secondary N) is 1. The fourth-order valence-electron chi connectivity index (χ4n) is 7.19. The minimum atomic E-state index is -0.401. The zero-order valence-electron chi connectivity index (χ0n) is 27.9. The van der Waals surface area contributed by atoms with E-state index in [4.69, 9.17) is 9.41 Å². The molecule has 1 N–H and O–H groups in total. The van der Waals surface area contributed by atoms with Gasteiger partial charge >= 0.3 is 0 Å². The summed E-state index contributed by atoms with van der Waals surface area (Å²) >= 11 is 0. The van der Waals surface area contributed by atoms with Crippen molar-refractivity contribution >= 4 is 56.3 Å². The Morgan fingerprint density at radius 1 is 0.627 bits per heavy atom. The van der Waals surface area contributed by atoms with Crippen molar-refractivity contribution in [1.82, 2.24) is 9.88 Å². The maximum atomic E-state index is 6.36. The summed E-state index contributed by atoms with van der Waals surface area (Å²) in [4.78, 5) is 9.67. The number of fused-ring (bicyclic) bond motifs is 7. The second-order valence-corrected chi connectivity index (χ2v) is 12.7. The van der Waals surface area contributed by atoms with Gasteiger partial charge in [0.2, 0.25) is 0 Å². The Hall–Kier alpha value is -6.56. The molecule has 51 heavy (non-hydrogen) atoms. The van der Waals surface area contributed by atoms with Crippen LogP contribution in [0.2, 0.25) is 0 Å². The van der Waals surface area contributed by atoms with Crippen LogP contribution in [0.1, 0.15) is 22.9 Å². The fraction of sp³-hybridized carbons (Fsp3) is 0.0435. The SMILES string of the molecule is C=NC(=NC(NCc1ccccc1)c1cccc(-n2c3ccccc3c3ccc4oc5ccccc5c4c32)c1)c1ccc(-c2ccccc2)cc1. The van der Waals surface area contributed by atoms with Gasteiger partial charge in [0.05, 0.1) is 16.4 Å². The van der Waals surface area contributed by atoms with E-state index < -0.39 is 6.17 Å². The van der Waals surface area contributed by atoms with E-state index in [0.29, 0.717) is 12.4 Å². The number of nitrogens with zero attached hydrogens (tertiary/aromatic N) is 3. The maximum absolute atomic E-state index is 6.36. The van der Waals surface area contributed by atoms with E-state index in [1.54, 1.807) is 0 Å². The number of aromatic nitrogens is 1. The largest absolute Gasteiger partial charge is 0.456 e. The van der Waals surface area contributed by atoms with Crippen LogP contribution < -0.4 is 5.32 Å². The molecule has 1 unspecified atom stereocenters. The fourth-order valence-corrected chi connectivity index (χ4v) is 7.19. The van der Waals surface area contributed by atoms with Crippen molar-refractivity contribution in [3.05, 3.63) is 187 Å². The predicted octanol–water partition coefficient (Wildman–Crippen LogP) is 11.3. The number of hydrogen-bond acceptors (Lipinski definition) is 3. The van der Waals surface area contributed by atoms with Gasteiger partial charge in [0, 0.05) is 34.0 Å². The summed E-state index contributed by atoms with van der Waals surface area (Å²) < 4.78 is 8.72. The topological polar surface area (TPSA) is 54.8 Å². The zero-order valence-corrected chi connectivity index (χ0v) is 27.9. The van der Waals surface area contributed by atoms with Crippen molar-refractivity contribution in [2.75, 3.05) is 0 Å². The van der Waals surface area contributed by atoms with Crippen molar-refractivity contribution < 1.29 is 4.42 Å². The molecule has 0 aliphatic rings. The van der Waals surface area contributed by atoms with Gasteiger partial charge in [-0.15, -0.1) is 0 Å².